The molecule has 3 aromatic carbocycles. The zero-order chi connectivity index (χ0) is 19.7. The van der Waals surface area contributed by atoms with Gasteiger partial charge in [-0.3, -0.25) is 9.69 Å². The number of anilines is 1. The molecule has 1 aliphatic rings. The van der Waals surface area contributed by atoms with E-state index in [9.17, 15) is 17.6 Å². The van der Waals surface area contributed by atoms with Gasteiger partial charge in [0, 0.05) is 5.69 Å². The van der Waals surface area contributed by atoms with Crippen molar-refractivity contribution in [3.05, 3.63) is 107 Å². The summed E-state index contributed by atoms with van der Waals surface area (Å²) in [5.74, 6) is -1.04. The van der Waals surface area contributed by atoms with Gasteiger partial charge < -0.3 is 0 Å². The minimum Gasteiger partial charge on any atom is -0.286 e. The van der Waals surface area contributed by atoms with Crippen LogP contribution < -0.4 is 4.90 Å². The molecule has 4 rings (SSSR count). The Morgan fingerprint density at radius 3 is 2.00 bits per heavy atom. The monoisotopic (exact) mass is 393 g/mol. The second-order valence-electron chi connectivity index (χ2n) is 6.38. The van der Waals surface area contributed by atoms with E-state index in [0.29, 0.717) is 16.8 Å². The standard InChI is InChI=1S/C22H16FNO3S/c23-18-13-11-16(12-14-18)15-20-21(25)24(19-9-5-2-6-10-19)22(28(20,26)27)17-7-3-1-4-8-17/h1-15,22H. The minimum atomic E-state index is -3.99. The summed E-state index contributed by atoms with van der Waals surface area (Å²) in [6.45, 7) is 0. The van der Waals surface area contributed by atoms with E-state index in [1.165, 1.54) is 35.2 Å². The average molecular weight is 393 g/mol. The summed E-state index contributed by atoms with van der Waals surface area (Å²) in [7, 11) is -3.99. The molecule has 1 saturated heterocycles. The van der Waals surface area contributed by atoms with Gasteiger partial charge in [-0.25, -0.2) is 12.8 Å². The van der Waals surface area contributed by atoms with Crippen molar-refractivity contribution in [2.75, 3.05) is 4.90 Å². The lowest BCUT2D eigenvalue weighted by atomic mass is 10.1. The van der Waals surface area contributed by atoms with Crippen LogP contribution >= 0.6 is 0 Å². The predicted molar refractivity (Wildman–Crippen MR) is 106 cm³/mol. The molecule has 1 unspecified atom stereocenters. The minimum absolute atomic E-state index is 0.309. The first-order valence-electron chi connectivity index (χ1n) is 8.63. The van der Waals surface area contributed by atoms with Crippen LogP contribution in [0, 0.1) is 5.82 Å². The van der Waals surface area contributed by atoms with Crippen LogP contribution in [0.3, 0.4) is 0 Å². The molecule has 3 aromatic rings. The number of para-hydroxylation sites is 1. The number of carbonyl (C=O) groups excluding carboxylic acids is 1. The molecule has 0 N–H and O–H groups in total. The van der Waals surface area contributed by atoms with Gasteiger partial charge >= 0.3 is 0 Å². The fourth-order valence-corrected chi connectivity index (χ4v) is 5.14. The summed E-state index contributed by atoms with van der Waals surface area (Å²) in [5, 5.41) is -1.16. The first-order valence-corrected chi connectivity index (χ1v) is 10.2. The Labute approximate surface area is 162 Å². The number of sulfone groups is 1. The fraction of sp³-hybridized carbons (Fsp3) is 0.0455. The van der Waals surface area contributed by atoms with Crippen molar-refractivity contribution >= 4 is 27.5 Å². The van der Waals surface area contributed by atoms with Crippen LogP contribution in [-0.4, -0.2) is 14.3 Å². The maximum Gasteiger partial charge on any atom is 0.271 e. The van der Waals surface area contributed by atoms with Crippen molar-refractivity contribution in [1.29, 1.82) is 0 Å². The molecule has 1 amide bonds. The first-order chi connectivity index (χ1) is 13.5. The average Bonchev–Trinajstić information content (AvgIpc) is 2.91. The van der Waals surface area contributed by atoms with E-state index in [2.05, 4.69) is 0 Å². The van der Waals surface area contributed by atoms with Gasteiger partial charge in [-0.1, -0.05) is 60.7 Å². The van der Waals surface area contributed by atoms with Gasteiger partial charge in [0.15, 0.2) is 5.37 Å². The lowest BCUT2D eigenvalue weighted by Gasteiger charge is -2.23. The first kappa shape index (κ1) is 18.1. The third-order valence-corrected chi connectivity index (χ3v) is 6.53. The molecule has 4 nitrogen and oxygen atoms in total. The topological polar surface area (TPSA) is 54.5 Å². The van der Waals surface area contributed by atoms with Gasteiger partial charge in [-0.05, 0) is 41.5 Å². The van der Waals surface area contributed by atoms with Gasteiger partial charge in [0.1, 0.15) is 10.7 Å². The Morgan fingerprint density at radius 1 is 0.821 bits per heavy atom. The summed E-state index contributed by atoms with van der Waals surface area (Å²) in [5.41, 5.74) is 1.43. The molecule has 1 fully saturated rings. The van der Waals surface area contributed by atoms with E-state index < -0.39 is 26.9 Å². The van der Waals surface area contributed by atoms with E-state index in [4.69, 9.17) is 0 Å². The van der Waals surface area contributed by atoms with Gasteiger partial charge in [0.25, 0.3) is 5.91 Å². The Balaban J connectivity index is 1.90. The van der Waals surface area contributed by atoms with Crippen molar-refractivity contribution in [1.82, 2.24) is 0 Å². The molecule has 1 heterocycles. The quantitative estimate of drug-likeness (QED) is 0.623. The highest BCUT2D eigenvalue weighted by Crippen LogP contribution is 2.43. The maximum atomic E-state index is 13.4. The van der Waals surface area contributed by atoms with Crippen molar-refractivity contribution in [3.8, 4) is 0 Å². The molecule has 0 aromatic heterocycles. The molecule has 1 atom stereocenters. The third kappa shape index (κ3) is 3.12. The summed E-state index contributed by atoms with van der Waals surface area (Å²) < 4.78 is 39.9. The number of rotatable bonds is 3. The van der Waals surface area contributed by atoms with E-state index >= 15 is 0 Å². The molecule has 0 spiro atoms. The van der Waals surface area contributed by atoms with Gasteiger partial charge in [-0.15, -0.1) is 0 Å². The largest absolute Gasteiger partial charge is 0.286 e. The Kier molecular flexibility index (Phi) is 4.57. The van der Waals surface area contributed by atoms with Crippen molar-refractivity contribution < 1.29 is 17.6 Å². The summed E-state index contributed by atoms with van der Waals surface area (Å²) in [4.78, 5) is 14.2. The smallest absolute Gasteiger partial charge is 0.271 e. The number of halogens is 1. The lowest BCUT2D eigenvalue weighted by molar-refractivity contribution is -0.114. The van der Waals surface area contributed by atoms with Crippen LogP contribution in [0.1, 0.15) is 16.5 Å². The molecule has 0 radical (unpaired) electrons. The van der Waals surface area contributed by atoms with Crippen molar-refractivity contribution in [2.24, 2.45) is 0 Å². The summed E-state index contributed by atoms with van der Waals surface area (Å²) in [6, 6.07) is 22.7. The molecule has 140 valence electrons. The molecule has 0 bridgehead atoms. The van der Waals surface area contributed by atoms with Crippen LogP contribution in [0.15, 0.2) is 89.8 Å². The molecule has 0 aliphatic carbocycles. The second-order valence-corrected chi connectivity index (χ2v) is 8.36. The second kappa shape index (κ2) is 7.05. The van der Waals surface area contributed by atoms with Crippen LogP contribution in [0.2, 0.25) is 0 Å². The zero-order valence-electron chi connectivity index (χ0n) is 14.7. The van der Waals surface area contributed by atoms with Gasteiger partial charge in [0.2, 0.25) is 9.84 Å². The highest BCUT2D eigenvalue weighted by atomic mass is 32.2. The van der Waals surface area contributed by atoms with Crippen LogP contribution in [0.25, 0.3) is 6.08 Å². The Morgan fingerprint density at radius 2 is 1.39 bits per heavy atom. The molecule has 0 saturated carbocycles. The number of hydrogen-bond donors (Lipinski definition) is 0. The Hall–Kier alpha value is -3.25. The normalized spacial score (nSPS) is 19.9. The van der Waals surface area contributed by atoms with Crippen molar-refractivity contribution in [3.63, 3.8) is 0 Å². The highest BCUT2D eigenvalue weighted by Gasteiger charge is 2.50. The summed E-state index contributed by atoms with van der Waals surface area (Å²) >= 11 is 0. The van der Waals surface area contributed by atoms with Crippen molar-refractivity contribution in [2.45, 2.75) is 5.37 Å². The number of nitrogens with zero attached hydrogens (tertiary/aromatic N) is 1. The van der Waals surface area contributed by atoms with E-state index in [-0.39, 0.29) is 4.91 Å². The lowest BCUT2D eigenvalue weighted by Crippen LogP contribution is -2.28. The van der Waals surface area contributed by atoms with Crippen LogP contribution in [-0.2, 0) is 14.6 Å². The van der Waals surface area contributed by atoms with E-state index in [1.807, 2.05) is 0 Å². The van der Waals surface area contributed by atoms with E-state index in [1.54, 1.807) is 60.7 Å². The van der Waals surface area contributed by atoms with Crippen LogP contribution in [0.4, 0.5) is 10.1 Å². The van der Waals surface area contributed by atoms with E-state index in [0.717, 1.165) is 0 Å². The molecule has 6 heteroatoms. The number of carbonyl (C=O) groups is 1. The zero-order valence-corrected chi connectivity index (χ0v) is 15.5. The number of hydrogen-bond acceptors (Lipinski definition) is 3. The molecule has 1 aliphatic heterocycles. The highest BCUT2D eigenvalue weighted by molar-refractivity contribution is 7.97. The van der Waals surface area contributed by atoms with Gasteiger partial charge in [0.05, 0.1) is 0 Å². The number of amides is 1. The number of benzene rings is 3. The third-order valence-electron chi connectivity index (χ3n) is 4.55. The van der Waals surface area contributed by atoms with Crippen LogP contribution in [0.5, 0.6) is 0 Å². The van der Waals surface area contributed by atoms with Gasteiger partial charge in [-0.2, -0.15) is 0 Å². The molecule has 28 heavy (non-hydrogen) atoms. The molecular formula is C22H16FNO3S. The predicted octanol–water partition coefficient (Wildman–Crippen LogP) is 4.33. The molecular weight excluding hydrogens is 377 g/mol. The SMILES string of the molecule is O=C1C(=Cc2ccc(F)cc2)S(=O)(=O)C(c2ccccc2)N1c1ccccc1. The fourth-order valence-electron chi connectivity index (χ4n) is 3.25. The summed E-state index contributed by atoms with van der Waals surface area (Å²) in [6.07, 6.45) is 1.30. The Bertz CT molecular complexity index is 1140. The maximum absolute atomic E-state index is 13.4.